The molecule has 0 aliphatic heterocycles. The zero-order valence-corrected chi connectivity index (χ0v) is 13.9. The Bertz CT molecular complexity index is 882. The number of hydrogen-bond acceptors (Lipinski definition) is 3. The Morgan fingerprint density at radius 1 is 1.21 bits per heavy atom. The van der Waals surface area contributed by atoms with Gasteiger partial charge >= 0.3 is 5.97 Å². The normalized spacial score (nSPS) is 12.5. The van der Waals surface area contributed by atoms with E-state index in [9.17, 15) is 9.90 Å². The van der Waals surface area contributed by atoms with Crippen molar-refractivity contribution in [1.82, 2.24) is 9.88 Å². The van der Waals surface area contributed by atoms with Gasteiger partial charge in [-0.1, -0.05) is 41.9 Å². The third kappa shape index (κ3) is 3.40. The highest BCUT2D eigenvalue weighted by atomic mass is 35.5. The minimum absolute atomic E-state index is 0.460. The molecule has 1 N–H and O–H groups in total. The van der Waals surface area contributed by atoms with E-state index < -0.39 is 12.0 Å². The van der Waals surface area contributed by atoms with Crippen LogP contribution in [-0.4, -0.2) is 28.0 Å². The molecule has 1 heterocycles. The monoisotopic (exact) mass is 340 g/mol. The van der Waals surface area contributed by atoms with Crippen molar-refractivity contribution in [2.24, 2.45) is 0 Å². The van der Waals surface area contributed by atoms with Crippen LogP contribution in [-0.2, 0) is 11.3 Å². The Kier molecular flexibility index (Phi) is 4.79. The molecule has 0 amide bonds. The summed E-state index contributed by atoms with van der Waals surface area (Å²) in [6.07, 6.45) is 3.56. The van der Waals surface area contributed by atoms with Gasteiger partial charge in [-0.2, -0.15) is 0 Å². The fraction of sp³-hybridized carbons (Fsp3) is 0.158. The number of aliphatic carboxylic acids is 1. The molecule has 0 saturated carbocycles. The Hall–Kier alpha value is -2.43. The zero-order chi connectivity index (χ0) is 17.1. The topological polar surface area (TPSA) is 53.4 Å². The van der Waals surface area contributed by atoms with Crippen LogP contribution in [0.25, 0.3) is 10.8 Å². The summed E-state index contributed by atoms with van der Waals surface area (Å²) in [5, 5.41) is 12.3. The first-order valence-corrected chi connectivity index (χ1v) is 7.94. The van der Waals surface area contributed by atoms with Crippen LogP contribution in [0.1, 0.15) is 17.2 Å². The van der Waals surface area contributed by atoms with Crippen molar-refractivity contribution in [3.8, 4) is 0 Å². The molecule has 0 aliphatic rings. The fourth-order valence-electron chi connectivity index (χ4n) is 2.87. The molecule has 3 aromatic rings. The van der Waals surface area contributed by atoms with Crippen LogP contribution in [0.2, 0.25) is 5.02 Å². The van der Waals surface area contributed by atoms with Gasteiger partial charge in [-0.3, -0.25) is 14.7 Å². The molecule has 1 atom stereocenters. The lowest BCUT2D eigenvalue weighted by molar-refractivity contribution is -0.143. The maximum absolute atomic E-state index is 11.8. The summed E-state index contributed by atoms with van der Waals surface area (Å²) in [6.45, 7) is 0.500. The van der Waals surface area contributed by atoms with Gasteiger partial charge in [-0.15, -0.1) is 0 Å². The van der Waals surface area contributed by atoms with E-state index in [-0.39, 0.29) is 0 Å². The summed E-state index contributed by atoms with van der Waals surface area (Å²) >= 11 is 6.19. The number of halogens is 1. The second kappa shape index (κ2) is 6.99. The molecule has 1 unspecified atom stereocenters. The molecule has 0 bridgehead atoms. The van der Waals surface area contributed by atoms with Crippen molar-refractivity contribution in [2.75, 3.05) is 7.05 Å². The van der Waals surface area contributed by atoms with Crippen molar-refractivity contribution >= 4 is 28.3 Å². The number of likely N-dealkylation sites (N-methyl/N-ethyl adjacent to an activating group) is 1. The maximum Gasteiger partial charge on any atom is 0.325 e. The van der Waals surface area contributed by atoms with Crippen LogP contribution in [0, 0.1) is 0 Å². The number of pyridine rings is 1. The Balaban J connectivity index is 1.89. The maximum atomic E-state index is 11.8. The molecule has 4 nitrogen and oxygen atoms in total. The number of carboxylic acid groups (broad SMARTS) is 1. The number of rotatable bonds is 5. The summed E-state index contributed by atoms with van der Waals surface area (Å²) < 4.78 is 0. The number of aromatic nitrogens is 1. The molecule has 0 saturated heterocycles. The van der Waals surface area contributed by atoms with Gasteiger partial charge in [-0.25, -0.2) is 0 Å². The van der Waals surface area contributed by atoms with E-state index in [1.165, 1.54) is 0 Å². The lowest BCUT2D eigenvalue weighted by Gasteiger charge is -2.25. The molecule has 1 aromatic heterocycles. The molecule has 3 rings (SSSR count). The van der Waals surface area contributed by atoms with Crippen molar-refractivity contribution in [2.45, 2.75) is 12.6 Å². The third-order valence-electron chi connectivity index (χ3n) is 4.01. The van der Waals surface area contributed by atoms with E-state index in [1.807, 2.05) is 24.4 Å². The standard InChI is InChI=1S/C19H17ClN2O2/c1-22(18(19(23)24)16-4-2-3-5-17(16)20)12-13-6-7-15-11-21-9-8-14(15)10-13/h2-11,18H,12H2,1H3,(H,23,24). The number of benzene rings is 2. The molecule has 0 spiro atoms. The van der Waals surface area contributed by atoms with Crippen molar-refractivity contribution in [1.29, 1.82) is 0 Å². The average Bonchev–Trinajstić information content (AvgIpc) is 2.56. The first kappa shape index (κ1) is 16.4. The van der Waals surface area contributed by atoms with Crippen molar-refractivity contribution in [3.63, 3.8) is 0 Å². The van der Waals surface area contributed by atoms with Crippen LogP contribution in [0.3, 0.4) is 0 Å². The van der Waals surface area contributed by atoms with Crippen molar-refractivity contribution < 1.29 is 9.90 Å². The first-order chi connectivity index (χ1) is 11.6. The molecule has 122 valence electrons. The van der Waals surface area contributed by atoms with Crippen molar-refractivity contribution in [3.05, 3.63) is 77.1 Å². The van der Waals surface area contributed by atoms with E-state index >= 15 is 0 Å². The van der Waals surface area contributed by atoms with E-state index in [4.69, 9.17) is 11.6 Å². The molecule has 5 heteroatoms. The van der Waals surface area contributed by atoms with E-state index in [1.54, 1.807) is 42.4 Å². The van der Waals surface area contributed by atoms with Gasteiger partial charge in [0.1, 0.15) is 6.04 Å². The molecule has 0 radical (unpaired) electrons. The van der Waals surface area contributed by atoms with Gasteiger partial charge in [0.15, 0.2) is 0 Å². The van der Waals surface area contributed by atoms with Gasteiger partial charge < -0.3 is 5.11 Å². The van der Waals surface area contributed by atoms with Gasteiger partial charge in [0, 0.05) is 29.3 Å². The minimum Gasteiger partial charge on any atom is -0.480 e. The minimum atomic E-state index is -0.921. The predicted octanol–water partition coefficient (Wildman–Crippen LogP) is 4.15. The number of carboxylic acids is 1. The predicted molar refractivity (Wildman–Crippen MR) is 95.0 cm³/mol. The largest absolute Gasteiger partial charge is 0.480 e. The zero-order valence-electron chi connectivity index (χ0n) is 13.2. The third-order valence-corrected chi connectivity index (χ3v) is 4.36. The summed E-state index contributed by atoms with van der Waals surface area (Å²) in [4.78, 5) is 17.7. The van der Waals surface area contributed by atoms with E-state index in [0.29, 0.717) is 17.1 Å². The Morgan fingerprint density at radius 3 is 2.75 bits per heavy atom. The Labute approximate surface area is 145 Å². The average molecular weight is 341 g/mol. The Morgan fingerprint density at radius 2 is 2.00 bits per heavy atom. The smallest absolute Gasteiger partial charge is 0.325 e. The van der Waals surface area contributed by atoms with Gasteiger partial charge in [0.2, 0.25) is 0 Å². The summed E-state index contributed by atoms with van der Waals surface area (Å²) in [5.41, 5.74) is 1.63. The van der Waals surface area contributed by atoms with Gasteiger partial charge in [0.05, 0.1) is 0 Å². The van der Waals surface area contributed by atoms with Crippen LogP contribution in [0.4, 0.5) is 0 Å². The highest BCUT2D eigenvalue weighted by molar-refractivity contribution is 6.31. The summed E-state index contributed by atoms with van der Waals surface area (Å²) in [6, 6.07) is 14.2. The molecule has 24 heavy (non-hydrogen) atoms. The fourth-order valence-corrected chi connectivity index (χ4v) is 3.11. The molecule has 2 aromatic carbocycles. The van der Waals surface area contributed by atoms with Gasteiger partial charge in [0.25, 0.3) is 0 Å². The van der Waals surface area contributed by atoms with Crippen LogP contribution in [0.15, 0.2) is 60.9 Å². The highest BCUT2D eigenvalue weighted by Gasteiger charge is 2.26. The number of carbonyl (C=O) groups is 1. The number of nitrogens with zero attached hydrogens (tertiary/aromatic N) is 2. The lowest BCUT2D eigenvalue weighted by Crippen LogP contribution is -2.30. The molecule has 0 aliphatic carbocycles. The van der Waals surface area contributed by atoms with Gasteiger partial charge in [-0.05, 0) is 41.8 Å². The SMILES string of the molecule is CN(Cc1ccc2cnccc2c1)C(C(=O)O)c1ccccc1Cl. The number of fused-ring (bicyclic) bond motifs is 1. The number of hydrogen-bond donors (Lipinski definition) is 1. The molecular weight excluding hydrogens is 324 g/mol. The first-order valence-electron chi connectivity index (χ1n) is 7.56. The highest BCUT2D eigenvalue weighted by Crippen LogP contribution is 2.28. The lowest BCUT2D eigenvalue weighted by atomic mass is 10.0. The van der Waals surface area contributed by atoms with Crippen LogP contribution >= 0.6 is 11.6 Å². The van der Waals surface area contributed by atoms with E-state index in [0.717, 1.165) is 16.3 Å². The van der Waals surface area contributed by atoms with E-state index in [2.05, 4.69) is 11.1 Å². The molecular formula is C19H17ClN2O2. The van der Waals surface area contributed by atoms with Crippen LogP contribution in [0.5, 0.6) is 0 Å². The summed E-state index contributed by atoms with van der Waals surface area (Å²) in [5.74, 6) is -0.921. The molecule has 0 fully saturated rings. The second-order valence-electron chi connectivity index (χ2n) is 5.73. The quantitative estimate of drug-likeness (QED) is 0.758. The second-order valence-corrected chi connectivity index (χ2v) is 6.14. The summed E-state index contributed by atoms with van der Waals surface area (Å²) in [7, 11) is 1.79. The van der Waals surface area contributed by atoms with Crippen LogP contribution < -0.4 is 0 Å².